The molecule has 8 aromatic rings. The highest BCUT2D eigenvalue weighted by molar-refractivity contribution is 9.11. The van der Waals surface area contributed by atoms with Crippen molar-refractivity contribution >= 4 is 95.7 Å². The predicted octanol–water partition coefficient (Wildman–Crippen LogP) is 10.6. The lowest BCUT2D eigenvalue weighted by Gasteiger charge is -2.32. The summed E-state index contributed by atoms with van der Waals surface area (Å²) in [5, 5.41) is 5.49. The molecule has 87 heavy (non-hydrogen) atoms. The van der Waals surface area contributed by atoms with Gasteiger partial charge in [-0.25, -0.2) is 39.5 Å². The number of aromatic amines is 1. The normalized spacial score (nSPS) is 18.6. The summed E-state index contributed by atoms with van der Waals surface area (Å²) in [4.78, 5) is 79.2. The van der Waals surface area contributed by atoms with Crippen LogP contribution in [0, 0.1) is 41.5 Å². The van der Waals surface area contributed by atoms with Crippen LogP contribution in [0.15, 0.2) is 124 Å². The topological polar surface area (TPSA) is 239 Å². The number of rotatable bonds is 8. The molecule has 21 nitrogen and oxygen atoms in total. The van der Waals surface area contributed by atoms with Crippen LogP contribution in [-0.2, 0) is 41.2 Å². The van der Waals surface area contributed by atoms with E-state index in [1.165, 1.54) is 13.8 Å². The lowest BCUT2D eigenvalue weighted by Crippen LogP contribution is -2.41. The van der Waals surface area contributed by atoms with E-state index < -0.39 is 18.3 Å². The monoisotopic (exact) mass is 1370 g/mol. The van der Waals surface area contributed by atoms with Crippen molar-refractivity contribution in [1.82, 2.24) is 54.7 Å². The average molecular weight is 1370 g/mol. The van der Waals surface area contributed by atoms with Crippen LogP contribution in [0.2, 0.25) is 0 Å². The summed E-state index contributed by atoms with van der Waals surface area (Å²) < 4.78 is 30.0. The maximum atomic E-state index is 12.4. The van der Waals surface area contributed by atoms with Crippen molar-refractivity contribution in [2.45, 2.75) is 131 Å². The number of hydrogen-bond acceptors (Lipinski definition) is 14. The van der Waals surface area contributed by atoms with E-state index >= 15 is 0 Å². The number of nitrogens with zero attached hydrogens (tertiary/aromatic N) is 10. The smallest absolute Gasteiger partial charge is 0.442 e. The Labute approximate surface area is 531 Å². The number of carbonyl (C=O) groups excluding carboxylic acids is 4. The van der Waals surface area contributed by atoms with Crippen LogP contribution in [0.3, 0.4) is 0 Å². The molecule has 3 fully saturated rings. The first kappa shape index (κ1) is 63.9. The van der Waals surface area contributed by atoms with Gasteiger partial charge in [0.1, 0.15) is 45.9 Å². The van der Waals surface area contributed by atoms with Crippen molar-refractivity contribution in [3.63, 3.8) is 0 Å². The Hall–Kier alpha value is -7.58. The summed E-state index contributed by atoms with van der Waals surface area (Å²) in [5.74, 6) is 4.29. The summed E-state index contributed by atoms with van der Waals surface area (Å²) in [7, 11) is -0.433. The Bertz CT molecular complexity index is 3750. The van der Waals surface area contributed by atoms with Gasteiger partial charge in [0.05, 0.1) is 59.1 Å². The SMILES string of the molecule is Brc1ccc(Br)nc1.CC(=O)NC[C@@H]1OC(=O)N2c3ccc(-c4ccc(-n5cc(C)nc5C)nc4)cc3C[C@H]12.CC(=O)NC[C@@H]1OC(=O)N2c3ccc(B4OC(C)(C)C(C)(C)O4)cc3C[C@H]12.Cc1cn(-c2ccc(Br)cn2)c(C)n1.Cc1cnc(C)[nH]1. The number of anilines is 2. The summed E-state index contributed by atoms with van der Waals surface area (Å²) in [6.45, 7) is 23.4. The van der Waals surface area contributed by atoms with Crippen LogP contribution in [0.5, 0.6) is 0 Å². The first-order valence-corrected chi connectivity index (χ1v) is 30.6. The molecule has 3 N–H and O–H groups in total. The quantitative estimate of drug-likeness (QED) is 0.0948. The molecule has 6 aromatic heterocycles. The van der Waals surface area contributed by atoms with Gasteiger partial charge in [-0.15, -0.1) is 0 Å². The average Bonchev–Trinajstić information content (AvgIpc) is 1.68. The Balaban J connectivity index is 0.000000144. The van der Waals surface area contributed by atoms with Gasteiger partial charge in [-0.05, 0) is 207 Å². The number of hydrogen-bond donors (Lipinski definition) is 3. The highest BCUT2D eigenvalue weighted by atomic mass is 79.9. The van der Waals surface area contributed by atoms with Gasteiger partial charge in [0.25, 0.3) is 0 Å². The van der Waals surface area contributed by atoms with Gasteiger partial charge in [0, 0.05) is 71.2 Å². The molecule has 0 unspecified atom stereocenters. The molecular weight excluding hydrogens is 1310 g/mol. The molecule has 0 radical (unpaired) electrons. The number of cyclic esters (lactones) is 2. The van der Waals surface area contributed by atoms with Gasteiger partial charge in [0.15, 0.2) is 0 Å². The molecular formula is C62H69BBr3N13O8. The first-order chi connectivity index (χ1) is 41.2. The van der Waals surface area contributed by atoms with Crippen molar-refractivity contribution in [1.29, 1.82) is 0 Å². The highest BCUT2D eigenvalue weighted by Crippen LogP contribution is 2.42. The molecule has 3 saturated heterocycles. The Morgan fingerprint density at radius 2 is 1.09 bits per heavy atom. The minimum atomic E-state index is -0.433. The second-order valence-corrected chi connectivity index (χ2v) is 25.3. The molecule has 0 saturated carbocycles. The lowest BCUT2D eigenvalue weighted by atomic mass is 9.78. The summed E-state index contributed by atoms with van der Waals surface area (Å²) in [5.41, 5.74) is 9.17. The molecule has 13 rings (SSSR count). The van der Waals surface area contributed by atoms with Crippen LogP contribution >= 0.6 is 47.8 Å². The maximum Gasteiger partial charge on any atom is 0.494 e. The number of fused-ring (bicyclic) bond motifs is 6. The number of benzene rings is 2. The standard InChI is InChI=1S/C23H23N5O3.C19H25BN2O5.C10H10BrN3.C5H3Br2N.C5H8N2/c1-13-12-27(14(2)26-13)22-7-5-17(10-25-22)16-4-6-19-18(8-16)9-20-21(11-24-15(3)29)31-23(30)28(19)20;1-11(23)21-10-16-15-9-12-8-13(6-7-14(12)22(15)17(24)25-16)20-26-18(2,3)19(4,5)27-20;1-7-6-14(8(2)13-7)10-4-3-9(11)5-12-10;6-4-1-2-5(7)8-3-4;1-4-3-6-5(2)7-4/h4-8,10,12,20-21H,9,11H2,1-3H3,(H,24,29);6-8,15-16H,9-10H2,1-5H3,(H,21,23);3-6H,1-2H3;1-3H;3H,1-2H3,(H,6,7)/t20-,21+;15-,16+;;;/m11.../s1. The number of H-pyrrole nitrogens is 1. The van der Waals surface area contributed by atoms with Crippen molar-refractivity contribution in [2.75, 3.05) is 22.9 Å². The van der Waals surface area contributed by atoms with E-state index in [4.69, 9.17) is 18.8 Å². The number of pyridine rings is 3. The van der Waals surface area contributed by atoms with E-state index in [0.717, 1.165) is 98.8 Å². The molecule has 454 valence electrons. The van der Waals surface area contributed by atoms with Crippen LogP contribution in [0.25, 0.3) is 22.8 Å². The molecule has 11 heterocycles. The molecule has 0 spiro atoms. The Morgan fingerprint density at radius 3 is 1.49 bits per heavy atom. The second kappa shape index (κ2) is 26.8. The van der Waals surface area contributed by atoms with E-state index in [-0.39, 0.29) is 48.3 Å². The number of imidazole rings is 3. The van der Waals surface area contributed by atoms with Gasteiger partial charge in [-0.1, -0.05) is 18.2 Å². The zero-order valence-electron chi connectivity index (χ0n) is 50.5. The van der Waals surface area contributed by atoms with Crippen molar-refractivity contribution < 1.29 is 38.0 Å². The van der Waals surface area contributed by atoms with Gasteiger partial charge in [-0.3, -0.25) is 28.5 Å². The highest BCUT2D eigenvalue weighted by Gasteiger charge is 2.53. The number of nitrogens with one attached hydrogen (secondary N) is 3. The third kappa shape index (κ3) is 15.1. The van der Waals surface area contributed by atoms with Crippen molar-refractivity contribution in [3.05, 3.63) is 169 Å². The first-order valence-electron chi connectivity index (χ1n) is 28.2. The fourth-order valence-corrected chi connectivity index (χ4v) is 11.2. The number of amides is 4. The molecule has 2 aromatic carbocycles. The fraction of sp³-hybridized carbons (Fsp3) is 0.355. The van der Waals surface area contributed by atoms with Gasteiger partial charge < -0.3 is 34.4 Å². The third-order valence-electron chi connectivity index (χ3n) is 15.4. The molecule has 25 heteroatoms. The minimum absolute atomic E-state index is 0.0995. The molecule has 5 aliphatic heterocycles. The molecule has 4 atom stereocenters. The second-order valence-electron chi connectivity index (χ2n) is 22.6. The van der Waals surface area contributed by atoms with Gasteiger partial charge >= 0.3 is 19.3 Å². The molecule has 0 bridgehead atoms. The lowest BCUT2D eigenvalue weighted by molar-refractivity contribution is -0.120. The molecule has 4 amide bonds. The van der Waals surface area contributed by atoms with E-state index in [1.807, 2.05) is 164 Å². The van der Waals surface area contributed by atoms with Gasteiger partial charge in [-0.2, -0.15) is 0 Å². The number of halogens is 3. The summed E-state index contributed by atoms with van der Waals surface area (Å²) in [6.07, 6.45) is 11.1. The van der Waals surface area contributed by atoms with Crippen molar-refractivity contribution in [3.8, 4) is 22.8 Å². The Kier molecular flexibility index (Phi) is 19.7. The van der Waals surface area contributed by atoms with E-state index in [2.05, 4.69) is 105 Å². The van der Waals surface area contributed by atoms with Crippen LogP contribution in [0.1, 0.15) is 87.2 Å². The maximum absolute atomic E-state index is 12.4. The largest absolute Gasteiger partial charge is 0.494 e. The Morgan fingerprint density at radius 1 is 0.609 bits per heavy atom. The zero-order valence-corrected chi connectivity index (χ0v) is 55.2. The zero-order chi connectivity index (χ0) is 62.6. The minimum Gasteiger partial charge on any atom is -0.442 e. The predicted molar refractivity (Wildman–Crippen MR) is 343 cm³/mol. The number of ether oxygens (including phenoxy) is 2. The van der Waals surface area contributed by atoms with Crippen LogP contribution in [-0.4, -0.2) is 124 Å². The van der Waals surface area contributed by atoms with Crippen LogP contribution in [0.4, 0.5) is 21.0 Å². The molecule has 0 aliphatic carbocycles. The van der Waals surface area contributed by atoms with E-state index in [9.17, 15) is 19.2 Å². The van der Waals surface area contributed by atoms with Gasteiger partial charge in [0.2, 0.25) is 11.8 Å². The van der Waals surface area contributed by atoms with Crippen LogP contribution < -0.4 is 25.9 Å². The fourth-order valence-electron chi connectivity index (χ4n) is 10.5. The third-order valence-corrected chi connectivity index (χ3v) is 16.8. The number of aromatic nitrogens is 9. The summed E-state index contributed by atoms with van der Waals surface area (Å²) in [6, 6.07) is 23.6. The number of carbonyl (C=O) groups is 4. The van der Waals surface area contributed by atoms with E-state index in [0.29, 0.717) is 25.9 Å². The van der Waals surface area contributed by atoms with Crippen molar-refractivity contribution in [2.24, 2.45) is 0 Å². The van der Waals surface area contributed by atoms with E-state index in [1.54, 1.807) is 22.2 Å². The molecule has 5 aliphatic rings. The number of aryl methyl sites for hydroxylation is 6. The summed E-state index contributed by atoms with van der Waals surface area (Å²) >= 11 is 9.83.